The van der Waals surface area contributed by atoms with E-state index in [4.69, 9.17) is 4.42 Å². The summed E-state index contributed by atoms with van der Waals surface area (Å²) in [6.07, 6.45) is 6.25. The molecule has 4 rings (SSSR count). The summed E-state index contributed by atoms with van der Waals surface area (Å²) in [5, 5.41) is 9.32. The molecule has 5 nitrogen and oxygen atoms in total. The van der Waals surface area contributed by atoms with E-state index >= 15 is 0 Å². The quantitative estimate of drug-likeness (QED) is 0.705. The second-order valence-electron chi connectivity index (χ2n) is 6.67. The number of likely N-dealkylation sites (tertiary alicyclic amines) is 1. The molecule has 1 atom stereocenters. The molecule has 0 saturated carbocycles. The van der Waals surface area contributed by atoms with Crippen molar-refractivity contribution in [1.29, 1.82) is 5.26 Å². The third-order valence-electron chi connectivity index (χ3n) is 5.13. The van der Waals surface area contributed by atoms with Gasteiger partial charge in [-0.05, 0) is 50.2 Å². The zero-order valence-electron chi connectivity index (χ0n) is 14.9. The summed E-state index contributed by atoms with van der Waals surface area (Å²) in [6, 6.07) is 14.0. The summed E-state index contributed by atoms with van der Waals surface area (Å²) >= 11 is 0. The predicted molar refractivity (Wildman–Crippen MR) is 100 cm³/mol. The van der Waals surface area contributed by atoms with E-state index in [2.05, 4.69) is 27.4 Å². The first kappa shape index (κ1) is 16.6. The number of furan rings is 1. The van der Waals surface area contributed by atoms with Gasteiger partial charge in [0.2, 0.25) is 0 Å². The van der Waals surface area contributed by atoms with Gasteiger partial charge in [-0.2, -0.15) is 5.26 Å². The SMILES string of the molecule is CCN1CCCC(n2ccnc2-c2ccc(-c3ccccc3C#N)o2)C1. The number of nitrogens with zero attached hydrogens (tertiary/aromatic N) is 4. The van der Waals surface area contributed by atoms with Crippen molar-refractivity contribution in [3.8, 4) is 29.0 Å². The minimum Gasteiger partial charge on any atom is -0.453 e. The molecule has 0 amide bonds. The van der Waals surface area contributed by atoms with Gasteiger partial charge in [0.1, 0.15) is 5.76 Å². The lowest BCUT2D eigenvalue weighted by Crippen LogP contribution is -2.36. The van der Waals surface area contributed by atoms with Gasteiger partial charge in [-0.25, -0.2) is 4.98 Å². The lowest BCUT2D eigenvalue weighted by molar-refractivity contribution is 0.186. The molecule has 3 heterocycles. The highest BCUT2D eigenvalue weighted by Crippen LogP contribution is 2.32. The van der Waals surface area contributed by atoms with Gasteiger partial charge >= 0.3 is 0 Å². The largest absolute Gasteiger partial charge is 0.453 e. The van der Waals surface area contributed by atoms with Crippen LogP contribution >= 0.6 is 0 Å². The topological polar surface area (TPSA) is 58.0 Å². The smallest absolute Gasteiger partial charge is 0.176 e. The molecular formula is C21H22N4O. The highest BCUT2D eigenvalue weighted by Gasteiger charge is 2.23. The van der Waals surface area contributed by atoms with Crippen LogP contribution in [0.1, 0.15) is 31.4 Å². The van der Waals surface area contributed by atoms with Gasteiger partial charge in [-0.15, -0.1) is 0 Å². The second-order valence-corrected chi connectivity index (χ2v) is 6.67. The van der Waals surface area contributed by atoms with Crippen molar-refractivity contribution in [2.45, 2.75) is 25.8 Å². The Labute approximate surface area is 153 Å². The van der Waals surface area contributed by atoms with Gasteiger partial charge in [0.25, 0.3) is 0 Å². The molecular weight excluding hydrogens is 324 g/mol. The van der Waals surface area contributed by atoms with Crippen molar-refractivity contribution in [2.75, 3.05) is 19.6 Å². The van der Waals surface area contributed by atoms with Crippen LogP contribution in [-0.4, -0.2) is 34.1 Å². The zero-order valence-corrected chi connectivity index (χ0v) is 14.9. The van der Waals surface area contributed by atoms with Crippen LogP contribution in [0.4, 0.5) is 0 Å². The molecule has 0 spiro atoms. The molecule has 1 aromatic carbocycles. The van der Waals surface area contributed by atoms with Crippen LogP contribution in [0.5, 0.6) is 0 Å². The lowest BCUT2D eigenvalue weighted by Gasteiger charge is -2.33. The summed E-state index contributed by atoms with van der Waals surface area (Å²) in [5.41, 5.74) is 1.43. The maximum atomic E-state index is 9.32. The molecule has 1 fully saturated rings. The predicted octanol–water partition coefficient (Wildman–Crippen LogP) is 4.34. The number of piperidine rings is 1. The molecule has 0 N–H and O–H groups in total. The van der Waals surface area contributed by atoms with E-state index in [0.29, 0.717) is 17.4 Å². The third kappa shape index (κ3) is 3.04. The summed E-state index contributed by atoms with van der Waals surface area (Å²) in [7, 11) is 0. The molecule has 3 aromatic rings. The first-order chi connectivity index (χ1) is 12.8. The molecule has 132 valence electrons. The average molecular weight is 346 g/mol. The van der Waals surface area contributed by atoms with Crippen LogP contribution in [0.15, 0.2) is 53.2 Å². The number of imidazole rings is 1. The number of rotatable bonds is 4. The van der Waals surface area contributed by atoms with E-state index in [1.807, 2.05) is 42.7 Å². The summed E-state index contributed by atoms with van der Waals surface area (Å²) in [6.45, 7) is 5.51. The number of hydrogen-bond acceptors (Lipinski definition) is 4. The van der Waals surface area contributed by atoms with Gasteiger partial charge in [-0.1, -0.05) is 19.1 Å². The van der Waals surface area contributed by atoms with Crippen molar-refractivity contribution in [1.82, 2.24) is 14.5 Å². The Morgan fingerprint density at radius 1 is 1.23 bits per heavy atom. The molecule has 5 heteroatoms. The van der Waals surface area contributed by atoms with E-state index in [0.717, 1.165) is 36.7 Å². The second kappa shape index (κ2) is 7.19. The summed E-state index contributed by atoms with van der Waals surface area (Å²) < 4.78 is 8.33. The van der Waals surface area contributed by atoms with Gasteiger partial charge in [0.15, 0.2) is 11.6 Å². The molecule has 1 saturated heterocycles. The highest BCUT2D eigenvalue weighted by molar-refractivity contribution is 5.68. The minimum absolute atomic E-state index is 0.418. The molecule has 1 aliphatic rings. The van der Waals surface area contributed by atoms with Gasteiger partial charge in [-0.3, -0.25) is 0 Å². The summed E-state index contributed by atoms with van der Waals surface area (Å²) in [5.74, 6) is 2.30. The van der Waals surface area contributed by atoms with Gasteiger partial charge in [0.05, 0.1) is 11.6 Å². The Balaban J connectivity index is 1.65. The maximum absolute atomic E-state index is 9.32. The number of likely N-dealkylation sites (N-methyl/N-ethyl adjacent to an activating group) is 1. The molecule has 26 heavy (non-hydrogen) atoms. The van der Waals surface area contributed by atoms with E-state index in [1.54, 1.807) is 6.07 Å². The van der Waals surface area contributed by atoms with Crippen molar-refractivity contribution in [3.63, 3.8) is 0 Å². The van der Waals surface area contributed by atoms with Crippen molar-refractivity contribution < 1.29 is 4.42 Å². The first-order valence-electron chi connectivity index (χ1n) is 9.15. The maximum Gasteiger partial charge on any atom is 0.176 e. The molecule has 0 aliphatic carbocycles. The number of benzene rings is 1. The molecule has 0 bridgehead atoms. The average Bonchev–Trinajstić information content (AvgIpc) is 3.37. The third-order valence-corrected chi connectivity index (χ3v) is 5.13. The highest BCUT2D eigenvalue weighted by atomic mass is 16.3. The first-order valence-corrected chi connectivity index (χ1v) is 9.15. The van der Waals surface area contributed by atoms with E-state index in [-0.39, 0.29) is 0 Å². The molecule has 0 radical (unpaired) electrons. The molecule has 1 aliphatic heterocycles. The van der Waals surface area contributed by atoms with E-state index < -0.39 is 0 Å². The molecule has 2 aromatic heterocycles. The normalized spacial score (nSPS) is 17.9. The lowest BCUT2D eigenvalue weighted by atomic mass is 10.1. The van der Waals surface area contributed by atoms with Gasteiger partial charge in [0, 0.05) is 30.5 Å². The van der Waals surface area contributed by atoms with Crippen molar-refractivity contribution in [2.24, 2.45) is 0 Å². The van der Waals surface area contributed by atoms with Crippen LogP contribution in [0.3, 0.4) is 0 Å². The van der Waals surface area contributed by atoms with E-state index in [1.165, 1.54) is 13.0 Å². The summed E-state index contributed by atoms with van der Waals surface area (Å²) in [4.78, 5) is 7.03. The van der Waals surface area contributed by atoms with Crippen LogP contribution < -0.4 is 0 Å². The van der Waals surface area contributed by atoms with Crippen molar-refractivity contribution in [3.05, 3.63) is 54.4 Å². The van der Waals surface area contributed by atoms with Crippen LogP contribution in [0.2, 0.25) is 0 Å². The Bertz CT molecular complexity index is 933. The Kier molecular flexibility index (Phi) is 4.59. The Hall–Kier alpha value is -2.84. The van der Waals surface area contributed by atoms with E-state index in [9.17, 15) is 5.26 Å². The van der Waals surface area contributed by atoms with Gasteiger partial charge < -0.3 is 13.9 Å². The Morgan fingerprint density at radius 2 is 2.08 bits per heavy atom. The van der Waals surface area contributed by atoms with Crippen LogP contribution in [0.25, 0.3) is 22.9 Å². The van der Waals surface area contributed by atoms with Crippen molar-refractivity contribution >= 4 is 0 Å². The molecule has 1 unspecified atom stereocenters. The van der Waals surface area contributed by atoms with Crippen LogP contribution in [-0.2, 0) is 0 Å². The van der Waals surface area contributed by atoms with Crippen LogP contribution in [0, 0.1) is 11.3 Å². The monoisotopic (exact) mass is 346 g/mol. The standard InChI is InChI=1S/C21H22N4O/c1-2-24-12-5-7-17(15-24)25-13-11-23-21(25)20-10-9-19(26-20)18-8-4-3-6-16(18)14-22/h3-4,6,8-11,13,17H,2,5,7,12,15H2,1H3. The fraction of sp³-hybridized carbons (Fsp3) is 0.333. The number of hydrogen-bond donors (Lipinski definition) is 0. The number of nitriles is 1. The minimum atomic E-state index is 0.418. The number of aromatic nitrogens is 2. The zero-order chi connectivity index (χ0) is 17.9. The fourth-order valence-corrected chi connectivity index (χ4v) is 3.74. The Morgan fingerprint density at radius 3 is 2.92 bits per heavy atom. The fourth-order valence-electron chi connectivity index (χ4n) is 3.74.